The number of rotatable bonds is 4. The first kappa shape index (κ1) is 15.7. The largest absolute Gasteiger partial charge is 0.330 e. The van der Waals surface area contributed by atoms with Gasteiger partial charge in [0, 0.05) is 45.5 Å². The van der Waals surface area contributed by atoms with Crippen molar-refractivity contribution in [2.75, 3.05) is 13.1 Å². The van der Waals surface area contributed by atoms with Gasteiger partial charge in [-0.15, -0.1) is 0 Å². The number of piperidine rings is 1. The van der Waals surface area contributed by atoms with E-state index in [-0.39, 0.29) is 11.2 Å². The maximum Gasteiger partial charge on any atom is 0.330 e. The molecule has 3 heterocycles. The van der Waals surface area contributed by atoms with E-state index in [2.05, 4.69) is 15.0 Å². The summed E-state index contributed by atoms with van der Waals surface area (Å²) in [6.45, 7) is 3.39. The molecule has 0 aliphatic carbocycles. The van der Waals surface area contributed by atoms with E-state index in [1.165, 1.54) is 7.05 Å². The first-order valence-corrected chi connectivity index (χ1v) is 7.85. The summed E-state index contributed by atoms with van der Waals surface area (Å²) in [7, 11) is 3.22. The van der Waals surface area contributed by atoms with Crippen LogP contribution in [0.2, 0.25) is 0 Å². The molecule has 1 unspecified atom stereocenters. The zero-order valence-corrected chi connectivity index (χ0v) is 13.6. The summed E-state index contributed by atoms with van der Waals surface area (Å²) in [6, 6.07) is 1.56. The van der Waals surface area contributed by atoms with Crippen LogP contribution in [0.15, 0.2) is 28.3 Å². The summed E-state index contributed by atoms with van der Waals surface area (Å²) >= 11 is 0. The molecular weight excluding hydrogens is 296 g/mol. The Bertz CT molecular complexity index is 776. The molecule has 124 valence electrons. The monoisotopic (exact) mass is 318 g/mol. The fraction of sp³-hybridized carbons (Fsp3) is 0.600. The number of hydrogen-bond donors (Lipinski definition) is 0. The van der Waals surface area contributed by atoms with Crippen LogP contribution < -0.4 is 11.2 Å². The lowest BCUT2D eigenvalue weighted by molar-refractivity contribution is 0.150. The summed E-state index contributed by atoms with van der Waals surface area (Å²) in [5.74, 6) is 0.508. The van der Waals surface area contributed by atoms with Gasteiger partial charge in [0.1, 0.15) is 12.7 Å². The van der Waals surface area contributed by atoms with Gasteiger partial charge in [0.05, 0.1) is 0 Å². The van der Waals surface area contributed by atoms with Crippen LogP contribution >= 0.6 is 0 Å². The summed E-state index contributed by atoms with van der Waals surface area (Å²) in [5, 5.41) is 4.16. The highest BCUT2D eigenvalue weighted by atomic mass is 16.2. The minimum Gasteiger partial charge on any atom is -0.299 e. The third-order valence-corrected chi connectivity index (χ3v) is 4.53. The standard InChI is InChI=1S/C15H22N6O2/c1-18-13(6-14(22)19(2)15(18)23)9-20-5-3-4-12(7-20)8-21-11-16-10-17-21/h6,10-12H,3-5,7-9H2,1-2H3. The predicted molar refractivity (Wildman–Crippen MR) is 84.9 cm³/mol. The molecule has 2 aromatic heterocycles. The van der Waals surface area contributed by atoms with Crippen molar-refractivity contribution >= 4 is 0 Å². The normalized spacial score (nSPS) is 19.1. The molecule has 0 N–H and O–H groups in total. The lowest BCUT2D eigenvalue weighted by Crippen LogP contribution is -2.41. The third-order valence-electron chi connectivity index (χ3n) is 4.53. The van der Waals surface area contributed by atoms with Crippen molar-refractivity contribution < 1.29 is 0 Å². The second-order valence-electron chi connectivity index (χ2n) is 6.24. The Hall–Kier alpha value is -2.22. The summed E-state index contributed by atoms with van der Waals surface area (Å²) in [6.07, 6.45) is 5.56. The van der Waals surface area contributed by atoms with E-state index in [1.807, 2.05) is 4.68 Å². The van der Waals surface area contributed by atoms with E-state index in [4.69, 9.17) is 0 Å². The van der Waals surface area contributed by atoms with Crippen molar-refractivity contribution in [3.8, 4) is 0 Å². The molecule has 1 aliphatic heterocycles. The lowest BCUT2D eigenvalue weighted by Gasteiger charge is -2.32. The second-order valence-corrected chi connectivity index (χ2v) is 6.24. The summed E-state index contributed by atoms with van der Waals surface area (Å²) in [5.41, 5.74) is 0.238. The Labute approximate surface area is 134 Å². The third kappa shape index (κ3) is 3.42. The van der Waals surface area contributed by atoms with Gasteiger partial charge < -0.3 is 0 Å². The number of nitrogens with zero attached hydrogens (tertiary/aromatic N) is 6. The summed E-state index contributed by atoms with van der Waals surface area (Å²) in [4.78, 5) is 30.1. The van der Waals surface area contributed by atoms with Gasteiger partial charge in [-0.1, -0.05) is 0 Å². The van der Waals surface area contributed by atoms with E-state index < -0.39 is 0 Å². The van der Waals surface area contributed by atoms with Crippen molar-refractivity contribution in [3.63, 3.8) is 0 Å². The lowest BCUT2D eigenvalue weighted by atomic mass is 9.98. The zero-order chi connectivity index (χ0) is 16.4. The Morgan fingerprint density at radius 3 is 2.83 bits per heavy atom. The van der Waals surface area contributed by atoms with Gasteiger partial charge in [-0.2, -0.15) is 5.10 Å². The van der Waals surface area contributed by atoms with Crippen molar-refractivity contribution in [2.45, 2.75) is 25.9 Å². The molecule has 8 heteroatoms. The molecule has 0 aromatic carbocycles. The van der Waals surface area contributed by atoms with Crippen LogP contribution in [0.4, 0.5) is 0 Å². The fourth-order valence-corrected chi connectivity index (χ4v) is 3.19. The van der Waals surface area contributed by atoms with Crippen molar-refractivity contribution in [1.82, 2.24) is 28.8 Å². The van der Waals surface area contributed by atoms with Crippen molar-refractivity contribution in [3.05, 3.63) is 45.3 Å². The minimum atomic E-state index is -0.274. The number of hydrogen-bond acceptors (Lipinski definition) is 5. The molecule has 1 saturated heterocycles. The van der Waals surface area contributed by atoms with Gasteiger partial charge in [-0.25, -0.2) is 9.78 Å². The Morgan fingerprint density at radius 1 is 1.26 bits per heavy atom. The van der Waals surface area contributed by atoms with Crippen LogP contribution in [-0.2, 0) is 27.2 Å². The second kappa shape index (κ2) is 6.49. The molecular formula is C15H22N6O2. The van der Waals surface area contributed by atoms with Gasteiger partial charge in [-0.05, 0) is 25.3 Å². The van der Waals surface area contributed by atoms with E-state index in [9.17, 15) is 9.59 Å². The maximum absolute atomic E-state index is 12.0. The van der Waals surface area contributed by atoms with Crippen LogP contribution in [0.5, 0.6) is 0 Å². The molecule has 0 bridgehead atoms. The van der Waals surface area contributed by atoms with E-state index in [1.54, 1.807) is 30.3 Å². The zero-order valence-electron chi connectivity index (χ0n) is 13.6. The van der Waals surface area contributed by atoms with E-state index >= 15 is 0 Å². The quantitative estimate of drug-likeness (QED) is 0.766. The van der Waals surface area contributed by atoms with E-state index in [0.717, 1.165) is 42.7 Å². The molecule has 1 atom stereocenters. The molecule has 0 spiro atoms. The topological polar surface area (TPSA) is 78.0 Å². The van der Waals surface area contributed by atoms with Gasteiger partial charge in [-0.3, -0.25) is 23.5 Å². The first-order chi connectivity index (χ1) is 11.0. The first-order valence-electron chi connectivity index (χ1n) is 7.85. The van der Waals surface area contributed by atoms with E-state index in [0.29, 0.717) is 12.5 Å². The predicted octanol–water partition coefficient (Wildman–Crippen LogP) is -0.412. The van der Waals surface area contributed by atoms with Gasteiger partial charge in [0.25, 0.3) is 5.56 Å². The van der Waals surface area contributed by atoms with Crippen LogP contribution in [0.3, 0.4) is 0 Å². The van der Waals surface area contributed by atoms with Crippen molar-refractivity contribution in [1.29, 1.82) is 0 Å². The highest BCUT2D eigenvalue weighted by Gasteiger charge is 2.21. The molecule has 0 radical (unpaired) electrons. The number of aromatic nitrogens is 5. The van der Waals surface area contributed by atoms with Crippen LogP contribution in [-0.4, -0.2) is 41.9 Å². The average molecular weight is 318 g/mol. The summed E-state index contributed by atoms with van der Waals surface area (Å²) < 4.78 is 4.55. The smallest absolute Gasteiger partial charge is 0.299 e. The Kier molecular flexibility index (Phi) is 4.42. The highest BCUT2D eigenvalue weighted by Crippen LogP contribution is 2.19. The van der Waals surface area contributed by atoms with Gasteiger partial charge in [0.15, 0.2) is 0 Å². The number of likely N-dealkylation sites (tertiary alicyclic amines) is 1. The highest BCUT2D eigenvalue weighted by molar-refractivity contribution is 5.02. The van der Waals surface area contributed by atoms with Crippen LogP contribution in [0, 0.1) is 5.92 Å². The molecule has 1 fully saturated rings. The fourth-order valence-electron chi connectivity index (χ4n) is 3.19. The molecule has 1 aliphatic rings. The Balaban J connectivity index is 1.71. The molecule has 8 nitrogen and oxygen atoms in total. The molecule has 0 saturated carbocycles. The minimum absolute atomic E-state index is 0.251. The molecule has 23 heavy (non-hydrogen) atoms. The van der Waals surface area contributed by atoms with Crippen LogP contribution in [0.25, 0.3) is 0 Å². The SMILES string of the molecule is Cn1c(CN2CCCC(Cn3cncn3)C2)cc(=O)n(C)c1=O. The van der Waals surface area contributed by atoms with Gasteiger partial charge in [0.2, 0.25) is 0 Å². The average Bonchev–Trinajstić information content (AvgIpc) is 3.04. The molecule has 0 amide bonds. The Morgan fingerprint density at radius 2 is 2.09 bits per heavy atom. The van der Waals surface area contributed by atoms with Gasteiger partial charge >= 0.3 is 5.69 Å². The molecule has 2 aromatic rings. The molecule has 3 rings (SSSR count). The maximum atomic E-state index is 12.0. The van der Waals surface area contributed by atoms with Crippen LogP contribution in [0.1, 0.15) is 18.5 Å². The van der Waals surface area contributed by atoms with Crippen molar-refractivity contribution in [2.24, 2.45) is 20.0 Å².